The second kappa shape index (κ2) is 7.20. The first-order valence-corrected chi connectivity index (χ1v) is 7.78. The van der Waals surface area contributed by atoms with E-state index >= 15 is 0 Å². The Morgan fingerprint density at radius 2 is 2.00 bits per heavy atom. The molecule has 4 nitrogen and oxygen atoms in total. The van der Waals surface area contributed by atoms with Crippen molar-refractivity contribution >= 4 is 23.1 Å². The molecule has 1 aliphatic carbocycles. The molecule has 1 aliphatic heterocycles. The van der Waals surface area contributed by atoms with Crippen LogP contribution in [-0.2, 0) is 9.53 Å². The molecule has 0 spiro atoms. The summed E-state index contributed by atoms with van der Waals surface area (Å²) >= 11 is 5.13. The highest BCUT2D eigenvalue weighted by Crippen LogP contribution is 2.27. The molecule has 2 aliphatic rings. The Labute approximate surface area is 120 Å². The van der Waals surface area contributed by atoms with Gasteiger partial charge in [-0.3, -0.25) is 4.79 Å². The number of ether oxygens (including phenoxy) is 1. The number of nitrogens with two attached hydrogens (primary N) is 1. The van der Waals surface area contributed by atoms with Crippen LogP contribution in [0, 0.1) is 5.92 Å². The highest BCUT2D eigenvalue weighted by molar-refractivity contribution is 7.80. The third-order valence-corrected chi connectivity index (χ3v) is 4.44. The van der Waals surface area contributed by atoms with Gasteiger partial charge in [-0.2, -0.15) is 0 Å². The molecule has 2 rings (SSSR count). The number of hydrogen-bond acceptors (Lipinski definition) is 3. The van der Waals surface area contributed by atoms with Crippen LogP contribution >= 0.6 is 12.2 Å². The summed E-state index contributed by atoms with van der Waals surface area (Å²) in [5, 5.41) is 3.03. The van der Waals surface area contributed by atoms with Crippen LogP contribution in [0.2, 0.25) is 0 Å². The fourth-order valence-corrected chi connectivity index (χ4v) is 3.38. The Hall–Kier alpha value is -0.680. The Kier molecular flexibility index (Phi) is 5.58. The van der Waals surface area contributed by atoms with Crippen molar-refractivity contribution in [2.45, 2.75) is 63.5 Å². The van der Waals surface area contributed by atoms with Gasteiger partial charge in [0.2, 0.25) is 5.91 Å². The van der Waals surface area contributed by atoms with E-state index in [4.69, 9.17) is 22.7 Å². The molecular formula is C14H24N2O2S. The lowest BCUT2D eigenvalue weighted by Gasteiger charge is -2.30. The topological polar surface area (TPSA) is 64.3 Å². The number of rotatable bonds is 5. The maximum atomic E-state index is 12.1. The molecule has 0 bridgehead atoms. The van der Waals surface area contributed by atoms with Crippen molar-refractivity contribution in [1.82, 2.24) is 5.32 Å². The van der Waals surface area contributed by atoms with Crippen molar-refractivity contribution in [3.63, 3.8) is 0 Å². The molecule has 0 aromatic heterocycles. The number of carbonyl (C=O) groups is 1. The minimum atomic E-state index is -0.135. The SMILES string of the molecule is NC(=S)C(NC(=O)CC1CCCO1)C1CCCCC1. The molecule has 2 atom stereocenters. The third-order valence-electron chi connectivity index (χ3n) is 4.18. The second-order valence-corrected chi connectivity index (χ2v) is 6.16. The highest BCUT2D eigenvalue weighted by atomic mass is 32.1. The summed E-state index contributed by atoms with van der Waals surface area (Å²) in [4.78, 5) is 12.5. The number of nitrogens with one attached hydrogen (secondary N) is 1. The van der Waals surface area contributed by atoms with Crippen molar-refractivity contribution in [3.8, 4) is 0 Å². The average molecular weight is 284 g/mol. The monoisotopic (exact) mass is 284 g/mol. The standard InChI is InChI=1S/C14H24N2O2S/c15-14(19)13(10-5-2-1-3-6-10)16-12(17)9-11-7-4-8-18-11/h10-11,13H,1-9H2,(H2,15,19)(H,16,17). The van der Waals surface area contributed by atoms with Gasteiger partial charge in [0, 0.05) is 6.61 Å². The van der Waals surface area contributed by atoms with E-state index < -0.39 is 0 Å². The largest absolute Gasteiger partial charge is 0.392 e. The number of carbonyl (C=O) groups excluding carboxylic acids is 1. The zero-order valence-electron chi connectivity index (χ0n) is 11.4. The molecule has 1 saturated heterocycles. The molecule has 1 amide bonds. The Morgan fingerprint density at radius 1 is 1.26 bits per heavy atom. The first-order chi connectivity index (χ1) is 9.16. The van der Waals surface area contributed by atoms with Crippen molar-refractivity contribution in [2.24, 2.45) is 11.7 Å². The van der Waals surface area contributed by atoms with Gasteiger partial charge in [-0.05, 0) is 31.6 Å². The van der Waals surface area contributed by atoms with E-state index in [1.807, 2.05) is 0 Å². The van der Waals surface area contributed by atoms with Crippen LogP contribution in [-0.4, -0.2) is 29.6 Å². The van der Waals surface area contributed by atoms with Gasteiger partial charge in [-0.25, -0.2) is 0 Å². The van der Waals surface area contributed by atoms with Gasteiger partial charge in [0.05, 0.1) is 23.6 Å². The van der Waals surface area contributed by atoms with Gasteiger partial charge in [0.1, 0.15) is 0 Å². The highest BCUT2D eigenvalue weighted by Gasteiger charge is 2.28. The normalized spacial score (nSPS) is 26.0. The summed E-state index contributed by atoms with van der Waals surface area (Å²) in [6.45, 7) is 0.777. The maximum Gasteiger partial charge on any atom is 0.223 e. The van der Waals surface area contributed by atoms with E-state index in [9.17, 15) is 4.79 Å². The summed E-state index contributed by atoms with van der Waals surface area (Å²) < 4.78 is 5.49. The molecule has 3 N–H and O–H groups in total. The molecule has 1 saturated carbocycles. The van der Waals surface area contributed by atoms with Crippen LogP contribution in [0.1, 0.15) is 51.4 Å². The smallest absolute Gasteiger partial charge is 0.223 e. The summed E-state index contributed by atoms with van der Waals surface area (Å²) in [7, 11) is 0. The van der Waals surface area contributed by atoms with Crippen LogP contribution in [0.4, 0.5) is 0 Å². The van der Waals surface area contributed by atoms with E-state index in [0.717, 1.165) is 32.3 Å². The average Bonchev–Trinajstić information content (AvgIpc) is 2.89. The number of hydrogen-bond donors (Lipinski definition) is 2. The van der Waals surface area contributed by atoms with Gasteiger partial charge in [0.25, 0.3) is 0 Å². The molecule has 0 aromatic rings. The van der Waals surface area contributed by atoms with Gasteiger partial charge < -0.3 is 15.8 Å². The van der Waals surface area contributed by atoms with Crippen LogP contribution < -0.4 is 11.1 Å². The first-order valence-electron chi connectivity index (χ1n) is 7.37. The van der Waals surface area contributed by atoms with Crippen LogP contribution in [0.3, 0.4) is 0 Å². The van der Waals surface area contributed by atoms with Crippen molar-refractivity contribution < 1.29 is 9.53 Å². The molecule has 0 radical (unpaired) electrons. The van der Waals surface area contributed by atoms with Crippen molar-refractivity contribution in [3.05, 3.63) is 0 Å². The van der Waals surface area contributed by atoms with E-state index in [-0.39, 0.29) is 18.1 Å². The quantitative estimate of drug-likeness (QED) is 0.757. The zero-order chi connectivity index (χ0) is 13.7. The Morgan fingerprint density at radius 3 is 2.58 bits per heavy atom. The fourth-order valence-electron chi connectivity index (χ4n) is 3.13. The molecule has 1 heterocycles. The van der Waals surface area contributed by atoms with Gasteiger partial charge in [0.15, 0.2) is 0 Å². The fraction of sp³-hybridized carbons (Fsp3) is 0.857. The number of thiocarbonyl (C=S) groups is 1. The molecule has 108 valence electrons. The third kappa shape index (κ3) is 4.42. The van der Waals surface area contributed by atoms with Crippen LogP contribution in [0.5, 0.6) is 0 Å². The summed E-state index contributed by atoms with van der Waals surface area (Å²) in [5.41, 5.74) is 5.81. The van der Waals surface area contributed by atoms with E-state index in [2.05, 4.69) is 5.32 Å². The summed E-state index contributed by atoms with van der Waals surface area (Å²) in [5.74, 6) is 0.440. The lowest BCUT2D eigenvalue weighted by atomic mass is 9.83. The minimum Gasteiger partial charge on any atom is -0.392 e. The van der Waals surface area contributed by atoms with Gasteiger partial charge >= 0.3 is 0 Å². The molecule has 2 unspecified atom stereocenters. The predicted molar refractivity (Wildman–Crippen MR) is 78.9 cm³/mol. The summed E-state index contributed by atoms with van der Waals surface area (Å²) in [6.07, 6.45) is 8.49. The van der Waals surface area contributed by atoms with Gasteiger partial charge in [-0.15, -0.1) is 0 Å². The lowest BCUT2D eigenvalue weighted by molar-refractivity contribution is -0.123. The number of amides is 1. The summed E-state index contributed by atoms with van der Waals surface area (Å²) in [6, 6.07) is -0.135. The molecule has 0 aromatic carbocycles. The lowest BCUT2D eigenvalue weighted by Crippen LogP contribution is -2.49. The van der Waals surface area contributed by atoms with E-state index in [1.165, 1.54) is 19.3 Å². The van der Waals surface area contributed by atoms with E-state index in [0.29, 0.717) is 17.3 Å². The van der Waals surface area contributed by atoms with Crippen molar-refractivity contribution in [2.75, 3.05) is 6.61 Å². The molecule has 5 heteroatoms. The van der Waals surface area contributed by atoms with E-state index in [1.54, 1.807) is 0 Å². The molecule has 19 heavy (non-hydrogen) atoms. The Balaban J connectivity index is 1.84. The first kappa shape index (κ1) is 14.7. The van der Waals surface area contributed by atoms with Gasteiger partial charge in [-0.1, -0.05) is 31.5 Å². The zero-order valence-corrected chi connectivity index (χ0v) is 12.2. The maximum absolute atomic E-state index is 12.1. The molecule has 2 fully saturated rings. The predicted octanol–water partition coefficient (Wildman–Crippen LogP) is 1.91. The van der Waals surface area contributed by atoms with Crippen molar-refractivity contribution in [1.29, 1.82) is 0 Å². The van der Waals surface area contributed by atoms with Crippen LogP contribution in [0.25, 0.3) is 0 Å². The Bertz CT molecular complexity index is 323. The minimum absolute atomic E-state index is 0.0234. The molecular weight excluding hydrogens is 260 g/mol. The second-order valence-electron chi connectivity index (χ2n) is 5.68. The van der Waals surface area contributed by atoms with Crippen LogP contribution in [0.15, 0.2) is 0 Å².